The van der Waals surface area contributed by atoms with E-state index in [0.717, 1.165) is 18.8 Å². The first-order valence-corrected chi connectivity index (χ1v) is 6.82. The predicted molar refractivity (Wildman–Crippen MR) is 78.6 cm³/mol. The maximum absolute atomic E-state index is 5.58. The fraction of sp³-hybridized carbons (Fsp3) is 0.294. The van der Waals surface area contributed by atoms with E-state index in [-0.39, 0.29) is 0 Å². The van der Waals surface area contributed by atoms with Gasteiger partial charge in [-0.2, -0.15) is 0 Å². The molecule has 0 saturated carbocycles. The van der Waals surface area contributed by atoms with Gasteiger partial charge in [0.25, 0.3) is 0 Å². The van der Waals surface area contributed by atoms with Gasteiger partial charge in [0.15, 0.2) is 0 Å². The van der Waals surface area contributed by atoms with E-state index < -0.39 is 0 Å². The molecule has 0 radical (unpaired) electrons. The van der Waals surface area contributed by atoms with E-state index >= 15 is 0 Å². The van der Waals surface area contributed by atoms with Crippen molar-refractivity contribution in [3.8, 4) is 16.9 Å². The maximum Gasteiger partial charge on any atom is 0.122 e. The zero-order chi connectivity index (χ0) is 13.2. The number of hydrogen-bond acceptors (Lipinski definition) is 2. The van der Waals surface area contributed by atoms with E-state index in [9.17, 15) is 0 Å². The topological polar surface area (TPSA) is 21.3 Å². The molecule has 0 bridgehead atoms. The number of hydrogen-bond donors (Lipinski definition) is 1. The molecule has 0 amide bonds. The number of ether oxygens (including phenoxy) is 1. The Bertz CT molecular complexity index is 592. The molecule has 19 heavy (non-hydrogen) atoms. The Hall–Kier alpha value is -1.80. The Balaban J connectivity index is 2.07. The number of benzene rings is 2. The molecule has 0 aromatic heterocycles. The van der Waals surface area contributed by atoms with Gasteiger partial charge in [0.2, 0.25) is 0 Å². The van der Waals surface area contributed by atoms with Gasteiger partial charge < -0.3 is 10.1 Å². The molecule has 2 aromatic rings. The molecular formula is C17H19NO. The normalized spacial score (nSPS) is 14.8. The van der Waals surface area contributed by atoms with Crippen LogP contribution in [0.1, 0.15) is 24.1 Å². The third-order valence-corrected chi connectivity index (χ3v) is 3.86. The minimum absolute atomic E-state index is 0.348. The summed E-state index contributed by atoms with van der Waals surface area (Å²) in [6.45, 7) is 3.00. The Morgan fingerprint density at radius 3 is 2.84 bits per heavy atom. The molecule has 1 aliphatic heterocycles. The van der Waals surface area contributed by atoms with Gasteiger partial charge in [-0.05, 0) is 48.4 Å². The van der Waals surface area contributed by atoms with Crippen molar-refractivity contribution < 1.29 is 4.74 Å². The van der Waals surface area contributed by atoms with Crippen molar-refractivity contribution in [1.29, 1.82) is 0 Å². The second-order valence-corrected chi connectivity index (χ2v) is 5.02. The van der Waals surface area contributed by atoms with Crippen LogP contribution in [-0.2, 0) is 6.42 Å². The van der Waals surface area contributed by atoms with Crippen molar-refractivity contribution in [2.45, 2.75) is 19.4 Å². The first-order valence-electron chi connectivity index (χ1n) is 6.82. The van der Waals surface area contributed by atoms with E-state index in [0.29, 0.717) is 6.04 Å². The molecule has 2 aromatic carbocycles. The van der Waals surface area contributed by atoms with Crippen LogP contribution >= 0.6 is 0 Å². The van der Waals surface area contributed by atoms with Gasteiger partial charge >= 0.3 is 0 Å². The Morgan fingerprint density at radius 1 is 1.16 bits per heavy atom. The summed E-state index contributed by atoms with van der Waals surface area (Å²) in [7, 11) is 2.00. The lowest BCUT2D eigenvalue weighted by molar-refractivity contribution is 0.357. The molecule has 2 heteroatoms. The molecule has 1 heterocycles. The van der Waals surface area contributed by atoms with Crippen LogP contribution in [0.15, 0.2) is 42.5 Å². The quantitative estimate of drug-likeness (QED) is 0.903. The lowest BCUT2D eigenvalue weighted by Gasteiger charge is -2.16. The van der Waals surface area contributed by atoms with Crippen molar-refractivity contribution in [2.75, 3.05) is 13.7 Å². The second kappa shape index (κ2) is 5.06. The third-order valence-electron chi connectivity index (χ3n) is 3.86. The van der Waals surface area contributed by atoms with Gasteiger partial charge in [0.1, 0.15) is 5.75 Å². The monoisotopic (exact) mass is 253 g/mol. The zero-order valence-electron chi connectivity index (χ0n) is 11.4. The number of rotatable bonds is 3. The fourth-order valence-electron chi connectivity index (χ4n) is 2.65. The Labute approximate surface area is 114 Å². The minimum Gasteiger partial charge on any atom is -0.493 e. The van der Waals surface area contributed by atoms with Crippen LogP contribution in [0.4, 0.5) is 0 Å². The largest absolute Gasteiger partial charge is 0.493 e. The third kappa shape index (κ3) is 2.24. The average Bonchev–Trinajstić information content (AvgIpc) is 2.93. The highest BCUT2D eigenvalue weighted by Crippen LogP contribution is 2.33. The summed E-state index contributed by atoms with van der Waals surface area (Å²) >= 11 is 0. The SMILES string of the molecule is CNC(C)c1ccccc1-c1ccc2c(c1)CCO2. The first-order chi connectivity index (χ1) is 9.29. The second-order valence-electron chi connectivity index (χ2n) is 5.02. The average molecular weight is 253 g/mol. The zero-order valence-corrected chi connectivity index (χ0v) is 11.4. The lowest BCUT2D eigenvalue weighted by Crippen LogP contribution is -2.13. The highest BCUT2D eigenvalue weighted by Gasteiger charge is 2.15. The summed E-state index contributed by atoms with van der Waals surface area (Å²) in [5, 5.41) is 3.32. The van der Waals surface area contributed by atoms with E-state index in [2.05, 4.69) is 54.7 Å². The maximum atomic E-state index is 5.58. The van der Waals surface area contributed by atoms with Crippen LogP contribution in [0.3, 0.4) is 0 Å². The van der Waals surface area contributed by atoms with Crippen LogP contribution in [0.5, 0.6) is 5.75 Å². The Kier molecular flexibility index (Phi) is 3.26. The molecule has 1 aliphatic rings. The van der Waals surface area contributed by atoms with E-state index in [1.807, 2.05) is 7.05 Å². The number of nitrogens with one attached hydrogen (secondary N) is 1. The van der Waals surface area contributed by atoms with Gasteiger partial charge in [-0.25, -0.2) is 0 Å². The highest BCUT2D eigenvalue weighted by atomic mass is 16.5. The van der Waals surface area contributed by atoms with Gasteiger partial charge in [0.05, 0.1) is 6.61 Å². The lowest BCUT2D eigenvalue weighted by atomic mass is 9.94. The molecule has 0 spiro atoms. The van der Waals surface area contributed by atoms with E-state index in [4.69, 9.17) is 4.74 Å². The molecule has 1 N–H and O–H groups in total. The summed E-state index contributed by atoms with van der Waals surface area (Å²) in [6.07, 6.45) is 1.02. The van der Waals surface area contributed by atoms with Crippen molar-refractivity contribution in [2.24, 2.45) is 0 Å². The molecule has 1 atom stereocenters. The van der Waals surface area contributed by atoms with Crippen LogP contribution in [0, 0.1) is 0 Å². The predicted octanol–water partition coefficient (Wildman–Crippen LogP) is 3.57. The molecule has 2 nitrogen and oxygen atoms in total. The van der Waals surface area contributed by atoms with Crippen LogP contribution in [-0.4, -0.2) is 13.7 Å². The van der Waals surface area contributed by atoms with Crippen LogP contribution < -0.4 is 10.1 Å². The van der Waals surface area contributed by atoms with Gasteiger partial charge in [-0.15, -0.1) is 0 Å². The molecule has 0 saturated heterocycles. The summed E-state index contributed by atoms with van der Waals surface area (Å²) in [4.78, 5) is 0. The molecule has 0 fully saturated rings. The minimum atomic E-state index is 0.348. The standard InChI is InChI=1S/C17H19NO/c1-12(18-2)15-5-3-4-6-16(15)13-7-8-17-14(11-13)9-10-19-17/h3-8,11-12,18H,9-10H2,1-2H3. The van der Waals surface area contributed by atoms with Gasteiger partial charge in [-0.3, -0.25) is 0 Å². The fourth-order valence-corrected chi connectivity index (χ4v) is 2.65. The van der Waals surface area contributed by atoms with Crippen molar-refractivity contribution in [3.63, 3.8) is 0 Å². The molecule has 0 aliphatic carbocycles. The molecule has 3 rings (SSSR count). The smallest absolute Gasteiger partial charge is 0.122 e. The Morgan fingerprint density at radius 2 is 2.00 bits per heavy atom. The van der Waals surface area contributed by atoms with Gasteiger partial charge in [0, 0.05) is 12.5 Å². The molecular weight excluding hydrogens is 234 g/mol. The summed E-state index contributed by atoms with van der Waals surface area (Å²) in [5.41, 5.74) is 5.24. The van der Waals surface area contributed by atoms with Crippen LogP contribution in [0.25, 0.3) is 11.1 Å². The number of fused-ring (bicyclic) bond motifs is 1. The summed E-state index contributed by atoms with van der Waals surface area (Å²) in [5.74, 6) is 1.04. The summed E-state index contributed by atoms with van der Waals surface area (Å²) < 4.78 is 5.58. The van der Waals surface area contributed by atoms with E-state index in [1.54, 1.807) is 0 Å². The molecule has 1 unspecified atom stereocenters. The van der Waals surface area contributed by atoms with Gasteiger partial charge in [-0.1, -0.05) is 30.3 Å². The van der Waals surface area contributed by atoms with Crippen LogP contribution in [0.2, 0.25) is 0 Å². The summed E-state index contributed by atoms with van der Waals surface area (Å²) in [6, 6.07) is 15.5. The highest BCUT2D eigenvalue weighted by molar-refractivity contribution is 5.70. The molecule has 98 valence electrons. The van der Waals surface area contributed by atoms with Crippen molar-refractivity contribution >= 4 is 0 Å². The van der Waals surface area contributed by atoms with Crippen molar-refractivity contribution in [1.82, 2.24) is 5.32 Å². The van der Waals surface area contributed by atoms with Crippen molar-refractivity contribution in [3.05, 3.63) is 53.6 Å². The van der Waals surface area contributed by atoms with E-state index in [1.165, 1.54) is 22.3 Å². The first kappa shape index (κ1) is 12.2.